The molecule has 9 heteroatoms. The Labute approximate surface area is 160 Å². The molecule has 0 bridgehead atoms. The lowest BCUT2D eigenvalue weighted by Gasteiger charge is -2.06. The Kier molecular flexibility index (Phi) is 4.67. The molecule has 2 heterocycles. The Morgan fingerprint density at radius 2 is 1.85 bits per heavy atom. The Morgan fingerprint density at radius 1 is 1.07 bits per heavy atom. The smallest absolute Gasteiger partial charge is 0.289 e. The average molecular weight is 380 g/mol. The number of hydrogen-bond acceptors (Lipinski definition) is 7. The zero-order valence-electron chi connectivity index (χ0n) is 14.4. The van der Waals surface area contributed by atoms with E-state index < -0.39 is 0 Å². The van der Waals surface area contributed by atoms with Crippen molar-refractivity contribution in [3.8, 4) is 23.0 Å². The highest BCUT2D eigenvalue weighted by molar-refractivity contribution is 7.71. The topological polar surface area (TPSA) is 82.9 Å². The van der Waals surface area contributed by atoms with Crippen LogP contribution in [-0.2, 0) is 6.67 Å². The molecule has 0 amide bonds. The molecule has 1 N–H and O–H groups in total. The maximum absolute atomic E-state index is 5.57. The number of hydrogen-bond donors (Lipinski definition) is 1. The van der Waals surface area contributed by atoms with Gasteiger partial charge in [0.05, 0.1) is 19.0 Å². The third kappa shape index (κ3) is 3.72. The second-order valence-corrected chi connectivity index (χ2v) is 5.94. The summed E-state index contributed by atoms with van der Waals surface area (Å²) < 4.78 is 12.3. The van der Waals surface area contributed by atoms with Crippen molar-refractivity contribution in [1.29, 1.82) is 0 Å². The second-order valence-electron chi connectivity index (χ2n) is 5.59. The molecule has 136 valence electrons. The van der Waals surface area contributed by atoms with Crippen LogP contribution in [0.2, 0.25) is 0 Å². The monoisotopic (exact) mass is 380 g/mol. The standard InChI is InChI=1S/C18H16N6O2S/c1-25-15-9-7-13(8-10-15)19-12-23-18(27)26-17(22-23)16-11-20-24(21-16)14-5-3-2-4-6-14/h2-11,19H,12H2,1H3. The van der Waals surface area contributed by atoms with E-state index in [0.717, 1.165) is 17.1 Å². The van der Waals surface area contributed by atoms with Crippen molar-refractivity contribution in [2.45, 2.75) is 6.67 Å². The lowest BCUT2D eigenvalue weighted by Crippen LogP contribution is -2.09. The van der Waals surface area contributed by atoms with E-state index in [1.807, 2.05) is 54.6 Å². The van der Waals surface area contributed by atoms with Crippen LogP contribution in [-0.4, -0.2) is 31.9 Å². The fourth-order valence-corrected chi connectivity index (χ4v) is 2.62. The van der Waals surface area contributed by atoms with Crippen LogP contribution in [0.5, 0.6) is 5.75 Å². The van der Waals surface area contributed by atoms with Gasteiger partial charge in [0, 0.05) is 5.69 Å². The minimum absolute atomic E-state index is 0.250. The fourth-order valence-electron chi connectivity index (χ4n) is 2.43. The average Bonchev–Trinajstić information content (AvgIpc) is 3.34. The quantitative estimate of drug-likeness (QED) is 0.512. The van der Waals surface area contributed by atoms with Crippen LogP contribution in [0.4, 0.5) is 5.69 Å². The lowest BCUT2D eigenvalue weighted by molar-refractivity contribution is 0.415. The Bertz CT molecular complexity index is 1090. The molecule has 0 radical (unpaired) electrons. The molecule has 0 aliphatic heterocycles. The summed E-state index contributed by atoms with van der Waals surface area (Å²) in [5.74, 6) is 1.11. The third-order valence-electron chi connectivity index (χ3n) is 3.83. The van der Waals surface area contributed by atoms with Gasteiger partial charge < -0.3 is 14.5 Å². The Balaban J connectivity index is 1.50. The molecule has 0 atom stereocenters. The van der Waals surface area contributed by atoms with E-state index in [1.54, 1.807) is 18.0 Å². The Hall–Kier alpha value is -3.46. The van der Waals surface area contributed by atoms with Crippen LogP contribution in [0.3, 0.4) is 0 Å². The zero-order valence-corrected chi connectivity index (χ0v) is 15.3. The number of ether oxygens (including phenoxy) is 1. The molecular formula is C18H16N6O2S. The first-order valence-corrected chi connectivity index (χ1v) is 8.58. The number of nitrogens with one attached hydrogen (secondary N) is 1. The van der Waals surface area contributed by atoms with Crippen molar-refractivity contribution >= 4 is 17.9 Å². The van der Waals surface area contributed by atoms with Crippen molar-refractivity contribution in [2.24, 2.45) is 0 Å². The highest BCUT2D eigenvalue weighted by Crippen LogP contribution is 2.17. The van der Waals surface area contributed by atoms with E-state index in [-0.39, 0.29) is 4.84 Å². The van der Waals surface area contributed by atoms with E-state index in [9.17, 15) is 0 Å². The van der Waals surface area contributed by atoms with Gasteiger partial charge >= 0.3 is 0 Å². The number of nitrogens with zero attached hydrogens (tertiary/aromatic N) is 5. The van der Waals surface area contributed by atoms with Crippen LogP contribution in [0, 0.1) is 4.84 Å². The summed E-state index contributed by atoms with van der Waals surface area (Å²) in [6.07, 6.45) is 1.59. The molecule has 4 aromatic rings. The van der Waals surface area contributed by atoms with E-state index in [4.69, 9.17) is 21.4 Å². The summed E-state index contributed by atoms with van der Waals surface area (Å²) in [7, 11) is 1.63. The Morgan fingerprint density at radius 3 is 2.59 bits per heavy atom. The molecule has 0 fully saturated rings. The van der Waals surface area contributed by atoms with Gasteiger partial charge in [0.15, 0.2) is 5.69 Å². The van der Waals surface area contributed by atoms with Gasteiger partial charge in [-0.3, -0.25) is 0 Å². The molecule has 0 aliphatic rings. The van der Waals surface area contributed by atoms with E-state index in [2.05, 4.69) is 20.6 Å². The van der Waals surface area contributed by atoms with E-state index >= 15 is 0 Å². The number of anilines is 1. The largest absolute Gasteiger partial charge is 0.497 e. The molecular weight excluding hydrogens is 364 g/mol. The van der Waals surface area contributed by atoms with Crippen molar-refractivity contribution in [3.63, 3.8) is 0 Å². The van der Waals surface area contributed by atoms with Crippen molar-refractivity contribution < 1.29 is 9.15 Å². The normalized spacial score (nSPS) is 10.7. The number of para-hydroxylation sites is 1. The van der Waals surface area contributed by atoms with E-state index in [1.165, 1.54) is 4.80 Å². The van der Waals surface area contributed by atoms with Gasteiger partial charge in [-0.25, -0.2) is 4.68 Å². The number of rotatable bonds is 6. The molecule has 0 saturated heterocycles. The summed E-state index contributed by atoms with van der Waals surface area (Å²) in [4.78, 5) is 1.77. The van der Waals surface area contributed by atoms with Gasteiger partial charge in [0.1, 0.15) is 12.4 Å². The molecule has 27 heavy (non-hydrogen) atoms. The summed E-state index contributed by atoms with van der Waals surface area (Å²) in [6, 6.07) is 17.2. The number of aromatic nitrogens is 5. The highest BCUT2D eigenvalue weighted by atomic mass is 32.1. The first kappa shape index (κ1) is 17.0. The SMILES string of the molecule is COc1ccc(NCn2nc(-c3cnn(-c4ccccc4)n3)oc2=S)cc1. The summed E-state index contributed by atoms with van der Waals surface area (Å²) in [5, 5.41) is 16.2. The first-order valence-electron chi connectivity index (χ1n) is 8.17. The molecule has 2 aromatic carbocycles. The van der Waals surface area contributed by atoms with Crippen LogP contribution in [0.1, 0.15) is 0 Å². The fraction of sp³-hybridized carbons (Fsp3) is 0.111. The predicted octanol–water partition coefficient (Wildman–Crippen LogP) is 3.53. The molecule has 0 spiro atoms. The summed E-state index contributed by atoms with van der Waals surface area (Å²) in [6.45, 7) is 0.363. The van der Waals surface area contributed by atoms with Crippen molar-refractivity contribution in [2.75, 3.05) is 12.4 Å². The van der Waals surface area contributed by atoms with Gasteiger partial charge in [-0.1, -0.05) is 18.2 Å². The first-order chi connectivity index (χ1) is 13.2. The molecule has 2 aromatic heterocycles. The highest BCUT2D eigenvalue weighted by Gasteiger charge is 2.13. The van der Waals surface area contributed by atoms with Crippen molar-refractivity contribution in [1.82, 2.24) is 24.8 Å². The molecule has 0 saturated carbocycles. The van der Waals surface area contributed by atoms with Gasteiger partial charge in [0.2, 0.25) is 0 Å². The zero-order chi connectivity index (χ0) is 18.6. The molecule has 8 nitrogen and oxygen atoms in total. The van der Waals surface area contributed by atoms with Gasteiger partial charge in [-0.15, -0.1) is 10.2 Å². The lowest BCUT2D eigenvalue weighted by atomic mass is 10.3. The summed E-state index contributed by atoms with van der Waals surface area (Å²) in [5.41, 5.74) is 2.27. The molecule has 0 unspecified atom stereocenters. The van der Waals surface area contributed by atoms with Crippen LogP contribution in [0.15, 0.2) is 65.2 Å². The van der Waals surface area contributed by atoms with Gasteiger partial charge in [-0.05, 0) is 48.6 Å². The van der Waals surface area contributed by atoms with Crippen LogP contribution >= 0.6 is 12.2 Å². The third-order valence-corrected chi connectivity index (χ3v) is 4.12. The predicted molar refractivity (Wildman–Crippen MR) is 102 cm³/mol. The maximum Gasteiger partial charge on any atom is 0.289 e. The van der Waals surface area contributed by atoms with Crippen molar-refractivity contribution in [3.05, 3.63) is 65.6 Å². The minimum Gasteiger partial charge on any atom is -0.497 e. The summed E-state index contributed by atoms with van der Waals surface area (Å²) >= 11 is 5.25. The van der Waals surface area contributed by atoms with Crippen LogP contribution in [0.25, 0.3) is 17.3 Å². The van der Waals surface area contributed by atoms with Gasteiger partial charge in [0.25, 0.3) is 10.7 Å². The molecule has 4 rings (SSSR count). The molecule has 0 aliphatic carbocycles. The van der Waals surface area contributed by atoms with Crippen LogP contribution < -0.4 is 10.1 Å². The van der Waals surface area contributed by atoms with E-state index in [0.29, 0.717) is 18.3 Å². The minimum atomic E-state index is 0.250. The maximum atomic E-state index is 5.57. The number of benzene rings is 2. The van der Waals surface area contributed by atoms with Gasteiger partial charge in [-0.2, -0.15) is 9.90 Å². The number of methoxy groups -OCH3 is 1. The second kappa shape index (κ2) is 7.42.